The van der Waals surface area contributed by atoms with Crippen LogP contribution in [0.15, 0.2) is 5.38 Å². The van der Waals surface area contributed by atoms with Gasteiger partial charge in [-0.25, -0.2) is 10.8 Å². The summed E-state index contributed by atoms with van der Waals surface area (Å²) in [5.74, 6) is 4.79. The second-order valence-corrected chi connectivity index (χ2v) is 5.48. The minimum absolute atomic E-state index is 0.310. The van der Waals surface area contributed by atoms with Gasteiger partial charge in [0.2, 0.25) is 0 Å². The van der Waals surface area contributed by atoms with Crippen LogP contribution in [0.4, 0.5) is 0 Å². The van der Waals surface area contributed by atoms with Crippen LogP contribution in [0.3, 0.4) is 0 Å². The Morgan fingerprint density at radius 2 is 2.33 bits per heavy atom. The van der Waals surface area contributed by atoms with Gasteiger partial charge in [-0.1, -0.05) is 19.8 Å². The first-order chi connectivity index (χ1) is 8.74. The summed E-state index contributed by atoms with van der Waals surface area (Å²) in [6.07, 6.45) is 5.24. The quantitative estimate of drug-likeness (QED) is 0.482. The number of amides is 1. The highest BCUT2D eigenvalue weighted by Crippen LogP contribution is 2.25. The highest BCUT2D eigenvalue weighted by molar-refractivity contribution is 7.11. The van der Waals surface area contributed by atoms with Gasteiger partial charge in [0, 0.05) is 18.0 Å². The lowest BCUT2D eigenvalue weighted by molar-refractivity contribution is 0.0953. The molecule has 0 aromatic carbocycles. The Labute approximate surface area is 111 Å². The summed E-state index contributed by atoms with van der Waals surface area (Å²) in [5, 5.41) is 2.39. The number of hydrogen-bond acceptors (Lipinski definition) is 5. The van der Waals surface area contributed by atoms with Crippen molar-refractivity contribution >= 4 is 17.2 Å². The van der Waals surface area contributed by atoms with Crippen molar-refractivity contribution < 1.29 is 4.79 Å². The zero-order valence-electron chi connectivity index (χ0n) is 10.7. The van der Waals surface area contributed by atoms with E-state index in [1.54, 1.807) is 0 Å². The molecule has 1 aromatic heterocycles. The summed E-state index contributed by atoms with van der Waals surface area (Å²) in [6.45, 7) is 4.04. The van der Waals surface area contributed by atoms with Crippen LogP contribution in [-0.2, 0) is 6.54 Å². The SMILES string of the molecule is CCN(Cc1csc(C(=O)NN)n1)C1CCCC1. The molecule has 0 spiro atoms. The van der Waals surface area contributed by atoms with E-state index < -0.39 is 0 Å². The highest BCUT2D eigenvalue weighted by atomic mass is 32.1. The lowest BCUT2D eigenvalue weighted by Gasteiger charge is -2.26. The molecule has 0 atom stereocenters. The zero-order chi connectivity index (χ0) is 13.0. The van der Waals surface area contributed by atoms with Gasteiger partial charge in [0.25, 0.3) is 5.91 Å². The second kappa shape index (κ2) is 6.26. The Kier molecular flexibility index (Phi) is 4.68. The molecule has 1 aliphatic rings. The van der Waals surface area contributed by atoms with Crippen LogP contribution in [0.5, 0.6) is 0 Å². The number of thiazole rings is 1. The Morgan fingerprint density at radius 1 is 1.61 bits per heavy atom. The van der Waals surface area contributed by atoms with Crippen molar-refractivity contribution in [2.24, 2.45) is 5.84 Å². The number of nitrogen functional groups attached to an aromatic ring is 1. The number of nitrogens with one attached hydrogen (secondary N) is 1. The maximum Gasteiger partial charge on any atom is 0.294 e. The highest BCUT2D eigenvalue weighted by Gasteiger charge is 2.22. The van der Waals surface area contributed by atoms with Crippen molar-refractivity contribution in [3.05, 3.63) is 16.1 Å². The molecule has 1 heterocycles. The van der Waals surface area contributed by atoms with Gasteiger partial charge in [-0.15, -0.1) is 11.3 Å². The average molecular weight is 268 g/mol. The van der Waals surface area contributed by atoms with Crippen LogP contribution in [0.1, 0.15) is 48.1 Å². The van der Waals surface area contributed by atoms with E-state index >= 15 is 0 Å². The maximum atomic E-state index is 11.3. The van der Waals surface area contributed by atoms with Crippen LogP contribution >= 0.6 is 11.3 Å². The number of rotatable bonds is 5. The molecule has 1 fully saturated rings. The van der Waals surface area contributed by atoms with Crippen LogP contribution in [0.2, 0.25) is 0 Å². The van der Waals surface area contributed by atoms with Crippen molar-refractivity contribution in [2.45, 2.75) is 45.2 Å². The lowest BCUT2D eigenvalue weighted by atomic mass is 10.2. The van der Waals surface area contributed by atoms with Crippen LogP contribution in [0, 0.1) is 0 Å². The normalized spacial score (nSPS) is 16.4. The first-order valence-electron chi connectivity index (χ1n) is 6.44. The first-order valence-corrected chi connectivity index (χ1v) is 7.32. The molecule has 6 heteroatoms. The number of nitrogens with two attached hydrogens (primary N) is 1. The van der Waals surface area contributed by atoms with Gasteiger partial charge in [-0.05, 0) is 19.4 Å². The van der Waals surface area contributed by atoms with Crippen molar-refractivity contribution in [3.8, 4) is 0 Å². The van der Waals surface area contributed by atoms with E-state index in [2.05, 4.69) is 22.2 Å². The molecule has 0 saturated heterocycles. The number of hydrazine groups is 1. The minimum Gasteiger partial charge on any atom is -0.295 e. The molecule has 100 valence electrons. The maximum absolute atomic E-state index is 11.3. The van der Waals surface area contributed by atoms with Crippen molar-refractivity contribution in [3.63, 3.8) is 0 Å². The summed E-state index contributed by atoms with van der Waals surface area (Å²) in [4.78, 5) is 18.1. The van der Waals surface area contributed by atoms with E-state index in [0.29, 0.717) is 11.0 Å². The fourth-order valence-electron chi connectivity index (χ4n) is 2.52. The lowest BCUT2D eigenvalue weighted by Crippen LogP contribution is -2.33. The van der Waals surface area contributed by atoms with Crippen molar-refractivity contribution in [1.82, 2.24) is 15.3 Å². The fourth-order valence-corrected chi connectivity index (χ4v) is 3.23. The molecule has 5 nitrogen and oxygen atoms in total. The van der Waals surface area contributed by atoms with Crippen molar-refractivity contribution in [1.29, 1.82) is 0 Å². The third-order valence-electron chi connectivity index (χ3n) is 3.49. The smallest absolute Gasteiger partial charge is 0.294 e. The second-order valence-electron chi connectivity index (χ2n) is 4.62. The Hall–Kier alpha value is -0.980. The van der Waals surface area contributed by atoms with Gasteiger partial charge in [-0.2, -0.15) is 0 Å². The molecule has 1 aliphatic carbocycles. The molecular weight excluding hydrogens is 248 g/mol. The van der Waals surface area contributed by atoms with Gasteiger partial charge in [-0.3, -0.25) is 15.1 Å². The Bertz CT molecular complexity index is 401. The molecule has 0 bridgehead atoms. The van der Waals surface area contributed by atoms with Crippen molar-refractivity contribution in [2.75, 3.05) is 6.54 Å². The number of nitrogens with zero attached hydrogens (tertiary/aromatic N) is 2. The predicted octanol–water partition coefficient (Wildman–Crippen LogP) is 1.51. The van der Waals surface area contributed by atoms with Gasteiger partial charge < -0.3 is 0 Å². The number of aromatic nitrogens is 1. The van der Waals surface area contributed by atoms with Crippen LogP contribution in [-0.4, -0.2) is 28.4 Å². The molecule has 1 saturated carbocycles. The molecule has 0 aliphatic heterocycles. The summed E-state index contributed by atoms with van der Waals surface area (Å²) in [5.41, 5.74) is 3.08. The van der Waals surface area contributed by atoms with E-state index in [9.17, 15) is 4.79 Å². The Balaban J connectivity index is 1.98. The van der Waals surface area contributed by atoms with Gasteiger partial charge in [0.15, 0.2) is 5.01 Å². The van der Waals surface area contributed by atoms with Crippen LogP contribution in [0.25, 0.3) is 0 Å². The molecule has 3 N–H and O–H groups in total. The molecule has 1 amide bonds. The summed E-state index contributed by atoms with van der Waals surface area (Å²) >= 11 is 1.35. The van der Waals surface area contributed by atoms with E-state index in [-0.39, 0.29) is 5.91 Å². The van der Waals surface area contributed by atoms with E-state index in [1.807, 2.05) is 5.38 Å². The Morgan fingerprint density at radius 3 is 2.94 bits per heavy atom. The summed E-state index contributed by atoms with van der Waals surface area (Å²) in [7, 11) is 0. The number of carbonyl (C=O) groups excluding carboxylic acids is 1. The topological polar surface area (TPSA) is 71.2 Å². The van der Waals surface area contributed by atoms with Crippen LogP contribution < -0.4 is 11.3 Å². The third kappa shape index (κ3) is 3.07. The number of hydrogen-bond donors (Lipinski definition) is 2. The van der Waals surface area contributed by atoms with E-state index in [4.69, 9.17) is 5.84 Å². The molecule has 18 heavy (non-hydrogen) atoms. The molecule has 2 rings (SSSR count). The molecule has 1 aromatic rings. The van der Waals surface area contributed by atoms with E-state index in [0.717, 1.165) is 18.8 Å². The monoisotopic (exact) mass is 268 g/mol. The average Bonchev–Trinajstić information content (AvgIpc) is 3.05. The number of carbonyl (C=O) groups is 1. The van der Waals surface area contributed by atoms with E-state index in [1.165, 1.54) is 37.0 Å². The minimum atomic E-state index is -0.310. The zero-order valence-corrected chi connectivity index (χ0v) is 11.5. The molecule has 0 unspecified atom stereocenters. The summed E-state index contributed by atoms with van der Waals surface area (Å²) in [6, 6.07) is 0.684. The van der Waals surface area contributed by atoms with Gasteiger partial charge in [0.05, 0.1) is 5.69 Å². The van der Waals surface area contributed by atoms with Gasteiger partial charge in [0.1, 0.15) is 0 Å². The fraction of sp³-hybridized carbons (Fsp3) is 0.667. The largest absolute Gasteiger partial charge is 0.295 e. The first kappa shape index (κ1) is 13.5. The van der Waals surface area contributed by atoms with Gasteiger partial charge >= 0.3 is 0 Å². The summed E-state index contributed by atoms with van der Waals surface area (Å²) < 4.78 is 0. The molecule has 0 radical (unpaired) electrons. The predicted molar refractivity (Wildman–Crippen MR) is 72.1 cm³/mol. The molecular formula is C12H20N4OS. The third-order valence-corrected chi connectivity index (χ3v) is 4.38. The standard InChI is InChI=1S/C12H20N4OS/c1-2-16(10-5-3-4-6-10)7-9-8-18-12(14-9)11(17)15-13/h8,10H,2-7,13H2,1H3,(H,15,17).